The van der Waals surface area contributed by atoms with Gasteiger partial charge in [-0.15, -0.1) is 0 Å². The number of rotatable bonds is 5. The predicted molar refractivity (Wildman–Crippen MR) is 97.5 cm³/mol. The summed E-state index contributed by atoms with van der Waals surface area (Å²) in [5.74, 6) is 2.12. The maximum absolute atomic E-state index is 5.16. The largest absolute Gasteiger partial charge is 0.497 e. The topological polar surface area (TPSA) is 59.1 Å². The van der Waals surface area contributed by atoms with Crippen LogP contribution < -0.4 is 15.4 Å². The van der Waals surface area contributed by atoms with E-state index >= 15 is 0 Å². The Balaban J connectivity index is 1.80. The van der Waals surface area contributed by atoms with Crippen LogP contribution in [0.3, 0.4) is 0 Å². The first kappa shape index (κ1) is 15.8. The zero-order valence-corrected chi connectivity index (χ0v) is 14.0. The van der Waals surface area contributed by atoms with E-state index < -0.39 is 0 Å². The Labute approximate surface area is 141 Å². The number of aromatic nitrogens is 2. The third-order valence-electron chi connectivity index (χ3n) is 3.49. The van der Waals surface area contributed by atoms with Gasteiger partial charge in [0, 0.05) is 23.1 Å². The lowest BCUT2D eigenvalue weighted by molar-refractivity contribution is 0.415. The summed E-state index contributed by atoms with van der Waals surface area (Å²) in [6.45, 7) is 4.01. The number of hydrogen-bond donors (Lipinski definition) is 2. The van der Waals surface area contributed by atoms with Crippen molar-refractivity contribution in [2.45, 2.75) is 13.8 Å². The second-order valence-electron chi connectivity index (χ2n) is 5.57. The molecule has 0 fully saturated rings. The number of nitrogens with one attached hydrogen (secondary N) is 2. The quantitative estimate of drug-likeness (QED) is 0.720. The van der Waals surface area contributed by atoms with Crippen LogP contribution in [0, 0.1) is 13.8 Å². The summed E-state index contributed by atoms with van der Waals surface area (Å²) in [5.41, 5.74) is 3.99. The zero-order valence-electron chi connectivity index (χ0n) is 14.0. The van der Waals surface area contributed by atoms with Crippen LogP contribution in [0.4, 0.5) is 23.1 Å². The third kappa shape index (κ3) is 4.01. The van der Waals surface area contributed by atoms with E-state index in [-0.39, 0.29) is 0 Å². The lowest BCUT2D eigenvalue weighted by atomic mass is 10.2. The molecule has 1 heterocycles. The highest BCUT2D eigenvalue weighted by Crippen LogP contribution is 2.21. The van der Waals surface area contributed by atoms with Crippen LogP contribution in [-0.4, -0.2) is 17.1 Å². The molecule has 3 rings (SSSR count). The molecule has 122 valence electrons. The van der Waals surface area contributed by atoms with Gasteiger partial charge in [-0.05, 0) is 55.8 Å². The number of ether oxygens (including phenoxy) is 1. The zero-order chi connectivity index (χ0) is 16.9. The van der Waals surface area contributed by atoms with Crippen molar-refractivity contribution in [2.24, 2.45) is 0 Å². The minimum absolute atomic E-state index is 0.551. The van der Waals surface area contributed by atoms with E-state index in [0.29, 0.717) is 5.95 Å². The fraction of sp³-hybridized carbons (Fsp3) is 0.158. The van der Waals surface area contributed by atoms with Gasteiger partial charge in [-0.3, -0.25) is 0 Å². The average molecular weight is 320 g/mol. The third-order valence-corrected chi connectivity index (χ3v) is 3.49. The maximum atomic E-state index is 5.16. The van der Waals surface area contributed by atoms with Crippen molar-refractivity contribution in [3.05, 3.63) is 65.9 Å². The molecule has 1 aromatic heterocycles. The van der Waals surface area contributed by atoms with Gasteiger partial charge >= 0.3 is 0 Å². The Morgan fingerprint density at radius 3 is 2.33 bits per heavy atom. The van der Waals surface area contributed by atoms with Crippen LogP contribution in [-0.2, 0) is 0 Å². The first-order valence-electron chi connectivity index (χ1n) is 7.73. The van der Waals surface area contributed by atoms with E-state index in [4.69, 9.17) is 4.74 Å². The highest BCUT2D eigenvalue weighted by atomic mass is 16.5. The molecule has 0 atom stereocenters. The Morgan fingerprint density at radius 2 is 1.62 bits per heavy atom. The minimum Gasteiger partial charge on any atom is -0.497 e. The minimum atomic E-state index is 0.551. The second kappa shape index (κ2) is 7.00. The van der Waals surface area contributed by atoms with Crippen molar-refractivity contribution in [3.63, 3.8) is 0 Å². The Bertz CT molecular complexity index is 831. The monoisotopic (exact) mass is 320 g/mol. The first-order valence-corrected chi connectivity index (χ1v) is 7.73. The molecule has 0 spiro atoms. The molecule has 2 aromatic carbocycles. The molecule has 0 saturated heterocycles. The van der Waals surface area contributed by atoms with Crippen molar-refractivity contribution in [1.29, 1.82) is 0 Å². The number of aryl methyl sites for hydroxylation is 2. The number of nitrogens with zero attached hydrogens (tertiary/aromatic N) is 2. The van der Waals surface area contributed by atoms with E-state index in [0.717, 1.165) is 28.6 Å². The van der Waals surface area contributed by atoms with Gasteiger partial charge in [0.15, 0.2) is 0 Å². The molecule has 0 aliphatic rings. The summed E-state index contributed by atoms with van der Waals surface area (Å²) in [4.78, 5) is 8.97. The summed E-state index contributed by atoms with van der Waals surface area (Å²) in [7, 11) is 1.65. The summed E-state index contributed by atoms with van der Waals surface area (Å²) in [5, 5.41) is 6.53. The lowest BCUT2D eigenvalue weighted by Gasteiger charge is -2.10. The Morgan fingerprint density at radius 1 is 0.833 bits per heavy atom. The highest BCUT2D eigenvalue weighted by Gasteiger charge is 2.04. The smallest absolute Gasteiger partial charge is 0.229 e. The van der Waals surface area contributed by atoms with Crippen molar-refractivity contribution in [3.8, 4) is 5.75 Å². The van der Waals surface area contributed by atoms with E-state index in [1.807, 2.05) is 49.4 Å². The SMILES string of the molecule is COc1ccc(Nc2nc(C)cc(Nc3cccc(C)c3)n2)cc1. The number of methoxy groups -OCH3 is 1. The molecule has 0 radical (unpaired) electrons. The summed E-state index contributed by atoms with van der Waals surface area (Å²) in [6, 6.07) is 17.7. The van der Waals surface area contributed by atoms with Gasteiger partial charge < -0.3 is 15.4 Å². The van der Waals surface area contributed by atoms with Gasteiger partial charge in [0.05, 0.1) is 7.11 Å². The van der Waals surface area contributed by atoms with E-state index in [9.17, 15) is 0 Å². The van der Waals surface area contributed by atoms with Crippen LogP contribution in [0.1, 0.15) is 11.3 Å². The van der Waals surface area contributed by atoms with Crippen LogP contribution in [0.15, 0.2) is 54.6 Å². The van der Waals surface area contributed by atoms with Crippen molar-refractivity contribution in [1.82, 2.24) is 9.97 Å². The van der Waals surface area contributed by atoms with Gasteiger partial charge in [0.25, 0.3) is 0 Å². The van der Waals surface area contributed by atoms with Gasteiger partial charge in [0.2, 0.25) is 5.95 Å². The number of anilines is 4. The first-order chi connectivity index (χ1) is 11.6. The molecule has 0 aliphatic heterocycles. The predicted octanol–water partition coefficient (Wildman–Crippen LogP) is 4.59. The molecule has 0 aliphatic carbocycles. The molecule has 5 nitrogen and oxygen atoms in total. The van der Waals surface area contributed by atoms with Gasteiger partial charge in [-0.1, -0.05) is 12.1 Å². The van der Waals surface area contributed by atoms with Crippen molar-refractivity contribution in [2.75, 3.05) is 17.7 Å². The summed E-state index contributed by atoms with van der Waals surface area (Å²) >= 11 is 0. The molecule has 0 amide bonds. The molecule has 0 unspecified atom stereocenters. The fourth-order valence-corrected chi connectivity index (χ4v) is 2.36. The summed E-state index contributed by atoms with van der Waals surface area (Å²) < 4.78 is 5.16. The van der Waals surface area contributed by atoms with E-state index in [1.165, 1.54) is 5.56 Å². The van der Waals surface area contributed by atoms with Crippen LogP contribution in [0.25, 0.3) is 0 Å². The molecule has 2 N–H and O–H groups in total. The number of hydrogen-bond acceptors (Lipinski definition) is 5. The average Bonchev–Trinajstić information content (AvgIpc) is 2.55. The van der Waals surface area contributed by atoms with Gasteiger partial charge in [-0.2, -0.15) is 4.98 Å². The van der Waals surface area contributed by atoms with Gasteiger partial charge in [-0.25, -0.2) is 4.98 Å². The lowest BCUT2D eigenvalue weighted by Crippen LogP contribution is -2.02. The molecule has 0 bridgehead atoms. The molecular formula is C19H20N4O. The van der Waals surface area contributed by atoms with Crippen molar-refractivity contribution < 1.29 is 4.74 Å². The Hall–Kier alpha value is -3.08. The molecule has 0 saturated carbocycles. The summed E-state index contributed by atoms with van der Waals surface area (Å²) in [6.07, 6.45) is 0. The molecule has 5 heteroatoms. The van der Waals surface area contributed by atoms with E-state index in [1.54, 1.807) is 7.11 Å². The van der Waals surface area contributed by atoms with Crippen LogP contribution in [0.2, 0.25) is 0 Å². The maximum Gasteiger partial charge on any atom is 0.229 e. The fourth-order valence-electron chi connectivity index (χ4n) is 2.36. The second-order valence-corrected chi connectivity index (χ2v) is 5.57. The Kier molecular flexibility index (Phi) is 4.61. The standard InChI is InChI=1S/C19H20N4O/c1-13-5-4-6-16(11-13)21-18-12-14(2)20-19(23-18)22-15-7-9-17(24-3)10-8-15/h4-12H,1-3H3,(H2,20,21,22,23). The van der Waals surface area contributed by atoms with E-state index in [2.05, 4.69) is 39.7 Å². The highest BCUT2D eigenvalue weighted by molar-refractivity contribution is 5.61. The molecular weight excluding hydrogens is 300 g/mol. The number of benzene rings is 2. The molecule has 24 heavy (non-hydrogen) atoms. The van der Waals surface area contributed by atoms with Crippen LogP contribution >= 0.6 is 0 Å². The van der Waals surface area contributed by atoms with Gasteiger partial charge in [0.1, 0.15) is 11.6 Å². The van der Waals surface area contributed by atoms with Crippen molar-refractivity contribution >= 4 is 23.1 Å². The molecule has 3 aromatic rings. The normalized spacial score (nSPS) is 10.3. The van der Waals surface area contributed by atoms with Crippen LogP contribution in [0.5, 0.6) is 5.75 Å².